The van der Waals surface area contributed by atoms with Crippen molar-refractivity contribution < 1.29 is 15.0 Å². The third-order valence-electron chi connectivity index (χ3n) is 3.23. The van der Waals surface area contributed by atoms with Gasteiger partial charge in [0.2, 0.25) is 5.43 Å². The molecule has 2 aromatic rings. The molecule has 0 aliphatic heterocycles. The summed E-state index contributed by atoms with van der Waals surface area (Å²) >= 11 is 0. The van der Waals surface area contributed by atoms with Crippen LogP contribution in [0.3, 0.4) is 0 Å². The van der Waals surface area contributed by atoms with Crippen molar-refractivity contribution in [3.63, 3.8) is 0 Å². The molecule has 6 heteroatoms. The van der Waals surface area contributed by atoms with Gasteiger partial charge in [0.05, 0.1) is 10.9 Å². The topological polar surface area (TPSA) is 102 Å². The number of nitrogens with one attached hydrogen (secondary N) is 2. The zero-order chi connectivity index (χ0) is 14.9. The van der Waals surface area contributed by atoms with Gasteiger partial charge in [0.25, 0.3) is 5.91 Å². The number of amides is 1. The summed E-state index contributed by atoms with van der Waals surface area (Å²) in [6.45, 7) is 3.75. The zero-order valence-corrected chi connectivity index (χ0v) is 11.2. The van der Waals surface area contributed by atoms with Gasteiger partial charge in [-0.3, -0.25) is 9.59 Å². The van der Waals surface area contributed by atoms with E-state index < -0.39 is 22.8 Å². The van der Waals surface area contributed by atoms with Gasteiger partial charge in [0.15, 0.2) is 11.5 Å². The molecule has 0 aliphatic rings. The smallest absolute Gasteiger partial charge is 0.256 e. The van der Waals surface area contributed by atoms with Crippen LogP contribution in [0.25, 0.3) is 10.9 Å². The number of aromatic hydroxyl groups is 2. The minimum absolute atomic E-state index is 0.0598. The fourth-order valence-corrected chi connectivity index (χ4v) is 1.85. The summed E-state index contributed by atoms with van der Waals surface area (Å²) in [6, 6.07) is 2.67. The van der Waals surface area contributed by atoms with E-state index in [1.165, 1.54) is 18.3 Å². The summed E-state index contributed by atoms with van der Waals surface area (Å²) < 4.78 is 0. The standard InChI is InChI=1S/C14H16N2O4/c1-3-7(2)16-14(20)8-6-15-9-4-5-10(17)13(19)11(9)12(8)18/h4-7,17,19H,3H2,1-2H3,(H,15,18)(H,16,20). The van der Waals surface area contributed by atoms with Crippen molar-refractivity contribution in [2.75, 3.05) is 0 Å². The number of hydrogen-bond acceptors (Lipinski definition) is 4. The summed E-state index contributed by atoms with van der Waals surface area (Å²) in [5.41, 5.74) is -0.364. The normalized spacial score (nSPS) is 12.3. The van der Waals surface area contributed by atoms with Crippen LogP contribution < -0.4 is 10.7 Å². The molecule has 0 bridgehead atoms. The Morgan fingerprint density at radius 2 is 2.10 bits per heavy atom. The molecular formula is C14H16N2O4. The van der Waals surface area contributed by atoms with E-state index in [0.29, 0.717) is 5.52 Å². The SMILES string of the molecule is CCC(C)NC(=O)c1c[nH]c2ccc(O)c(O)c2c1=O. The summed E-state index contributed by atoms with van der Waals surface area (Å²) in [5.74, 6) is -1.44. The number of pyridine rings is 1. The Morgan fingerprint density at radius 3 is 2.75 bits per heavy atom. The number of benzene rings is 1. The molecule has 1 atom stereocenters. The fraction of sp³-hybridized carbons (Fsp3) is 0.286. The number of phenolic OH excluding ortho intramolecular Hbond substituents is 2. The molecule has 1 unspecified atom stereocenters. The maximum absolute atomic E-state index is 12.3. The Bertz CT molecular complexity index is 721. The first-order chi connectivity index (χ1) is 9.45. The molecule has 0 radical (unpaired) electrons. The average molecular weight is 276 g/mol. The van der Waals surface area contributed by atoms with E-state index in [0.717, 1.165) is 6.42 Å². The lowest BCUT2D eigenvalue weighted by Gasteiger charge is -2.11. The van der Waals surface area contributed by atoms with Crippen molar-refractivity contribution in [1.82, 2.24) is 10.3 Å². The molecule has 1 heterocycles. The predicted octanol–water partition coefficient (Wildman–Crippen LogP) is 1.47. The number of aromatic nitrogens is 1. The maximum Gasteiger partial charge on any atom is 0.256 e. The van der Waals surface area contributed by atoms with Crippen LogP contribution in [0, 0.1) is 0 Å². The predicted molar refractivity (Wildman–Crippen MR) is 75.1 cm³/mol. The summed E-state index contributed by atoms with van der Waals surface area (Å²) in [6.07, 6.45) is 2.04. The van der Waals surface area contributed by atoms with Crippen LogP contribution in [0.5, 0.6) is 11.5 Å². The van der Waals surface area contributed by atoms with E-state index >= 15 is 0 Å². The van der Waals surface area contributed by atoms with Gasteiger partial charge in [0.1, 0.15) is 5.56 Å². The Hall–Kier alpha value is -2.50. The molecule has 0 fully saturated rings. The first kappa shape index (κ1) is 13.9. The van der Waals surface area contributed by atoms with E-state index in [1.807, 2.05) is 13.8 Å². The molecule has 0 spiro atoms. The number of fused-ring (bicyclic) bond motifs is 1. The minimum atomic E-state index is -0.618. The van der Waals surface area contributed by atoms with Crippen molar-refractivity contribution in [3.8, 4) is 11.5 Å². The molecule has 106 valence electrons. The fourth-order valence-electron chi connectivity index (χ4n) is 1.85. The lowest BCUT2D eigenvalue weighted by atomic mass is 10.1. The number of hydrogen-bond donors (Lipinski definition) is 4. The Kier molecular flexibility index (Phi) is 3.65. The van der Waals surface area contributed by atoms with Crippen LogP contribution in [0.4, 0.5) is 0 Å². The zero-order valence-electron chi connectivity index (χ0n) is 11.2. The highest BCUT2D eigenvalue weighted by Gasteiger charge is 2.17. The van der Waals surface area contributed by atoms with E-state index in [-0.39, 0.29) is 17.0 Å². The molecule has 1 aromatic heterocycles. The first-order valence-corrected chi connectivity index (χ1v) is 6.32. The van der Waals surface area contributed by atoms with Crippen LogP contribution >= 0.6 is 0 Å². The second-order valence-electron chi connectivity index (χ2n) is 4.67. The van der Waals surface area contributed by atoms with Gasteiger partial charge < -0.3 is 20.5 Å². The van der Waals surface area contributed by atoms with Crippen molar-refractivity contribution in [1.29, 1.82) is 0 Å². The van der Waals surface area contributed by atoms with Crippen LogP contribution in [-0.4, -0.2) is 27.1 Å². The Morgan fingerprint density at radius 1 is 1.40 bits per heavy atom. The molecule has 1 aromatic carbocycles. The number of carbonyl (C=O) groups is 1. The highest BCUT2D eigenvalue weighted by Crippen LogP contribution is 2.30. The third kappa shape index (κ3) is 2.32. The largest absolute Gasteiger partial charge is 0.504 e. The molecule has 0 saturated heterocycles. The van der Waals surface area contributed by atoms with E-state index in [9.17, 15) is 19.8 Å². The number of phenols is 2. The molecule has 6 nitrogen and oxygen atoms in total. The van der Waals surface area contributed by atoms with Gasteiger partial charge in [-0.1, -0.05) is 6.92 Å². The number of carbonyl (C=O) groups excluding carboxylic acids is 1. The second kappa shape index (κ2) is 5.24. The van der Waals surface area contributed by atoms with E-state index in [1.54, 1.807) is 0 Å². The van der Waals surface area contributed by atoms with E-state index in [2.05, 4.69) is 10.3 Å². The van der Waals surface area contributed by atoms with E-state index in [4.69, 9.17) is 0 Å². The van der Waals surface area contributed by atoms with Crippen molar-refractivity contribution in [2.24, 2.45) is 0 Å². The first-order valence-electron chi connectivity index (χ1n) is 6.32. The van der Waals surface area contributed by atoms with Crippen molar-refractivity contribution >= 4 is 16.8 Å². The molecule has 0 saturated carbocycles. The number of H-pyrrole nitrogens is 1. The second-order valence-corrected chi connectivity index (χ2v) is 4.67. The molecule has 0 aliphatic carbocycles. The molecular weight excluding hydrogens is 260 g/mol. The van der Waals surface area contributed by atoms with Crippen LogP contribution in [0.1, 0.15) is 30.6 Å². The lowest BCUT2D eigenvalue weighted by molar-refractivity contribution is 0.0938. The monoisotopic (exact) mass is 276 g/mol. The summed E-state index contributed by atoms with van der Waals surface area (Å²) in [5, 5.41) is 21.8. The minimum Gasteiger partial charge on any atom is -0.504 e. The summed E-state index contributed by atoms with van der Waals surface area (Å²) in [4.78, 5) is 27.0. The highest BCUT2D eigenvalue weighted by atomic mass is 16.3. The van der Waals surface area contributed by atoms with Gasteiger partial charge in [-0.05, 0) is 25.5 Å². The molecule has 2 rings (SSSR count). The maximum atomic E-state index is 12.3. The number of rotatable bonds is 3. The van der Waals surface area contributed by atoms with Gasteiger partial charge in [-0.15, -0.1) is 0 Å². The lowest BCUT2D eigenvalue weighted by Crippen LogP contribution is -2.35. The van der Waals surface area contributed by atoms with Crippen molar-refractivity contribution in [3.05, 3.63) is 34.1 Å². The van der Waals surface area contributed by atoms with Gasteiger partial charge in [-0.25, -0.2) is 0 Å². The highest BCUT2D eigenvalue weighted by molar-refractivity contribution is 5.98. The van der Waals surface area contributed by atoms with Crippen LogP contribution in [0.2, 0.25) is 0 Å². The van der Waals surface area contributed by atoms with Crippen LogP contribution in [0.15, 0.2) is 23.1 Å². The Labute approximate surface area is 115 Å². The van der Waals surface area contributed by atoms with Crippen molar-refractivity contribution in [2.45, 2.75) is 26.3 Å². The Balaban J connectivity index is 2.57. The average Bonchev–Trinajstić information content (AvgIpc) is 2.42. The molecule has 4 N–H and O–H groups in total. The third-order valence-corrected chi connectivity index (χ3v) is 3.23. The quantitative estimate of drug-likeness (QED) is 0.637. The van der Waals surface area contributed by atoms with Crippen LogP contribution in [-0.2, 0) is 0 Å². The van der Waals surface area contributed by atoms with Gasteiger partial charge in [-0.2, -0.15) is 0 Å². The summed E-state index contributed by atoms with van der Waals surface area (Å²) in [7, 11) is 0. The molecule has 1 amide bonds. The molecule has 20 heavy (non-hydrogen) atoms. The number of aromatic amines is 1. The van der Waals surface area contributed by atoms with Gasteiger partial charge in [0, 0.05) is 12.2 Å². The van der Waals surface area contributed by atoms with Gasteiger partial charge >= 0.3 is 0 Å².